The normalized spacial score (nSPS) is 10.5. The Balaban J connectivity index is 1.63. The van der Waals surface area contributed by atoms with E-state index in [4.69, 9.17) is 10.5 Å². The number of anilines is 1. The lowest BCUT2D eigenvalue weighted by atomic mass is 10.1. The fourth-order valence-electron chi connectivity index (χ4n) is 2.48. The molecule has 3 rings (SSSR count). The van der Waals surface area contributed by atoms with Gasteiger partial charge >= 0.3 is 0 Å². The maximum atomic E-state index is 12.1. The van der Waals surface area contributed by atoms with Gasteiger partial charge in [-0.15, -0.1) is 0 Å². The third kappa shape index (κ3) is 3.63. The van der Waals surface area contributed by atoms with Gasteiger partial charge in [-0.25, -0.2) is 0 Å². The Morgan fingerprint density at radius 3 is 2.67 bits per heavy atom. The maximum absolute atomic E-state index is 12.1. The van der Waals surface area contributed by atoms with Gasteiger partial charge in [0.15, 0.2) is 0 Å². The first kappa shape index (κ1) is 15.8. The number of amides is 1. The number of aromatic nitrogens is 1. The van der Waals surface area contributed by atoms with Crippen LogP contribution in [0.25, 0.3) is 10.9 Å². The molecule has 0 saturated heterocycles. The van der Waals surface area contributed by atoms with Crippen LogP contribution in [-0.2, 0) is 17.8 Å². The monoisotopic (exact) mass is 321 g/mol. The second-order valence-electron chi connectivity index (χ2n) is 5.52. The van der Waals surface area contributed by atoms with Crippen molar-refractivity contribution < 1.29 is 9.53 Å². The molecular weight excluding hydrogens is 302 g/mol. The van der Waals surface area contributed by atoms with Crippen LogP contribution in [0.1, 0.15) is 11.3 Å². The van der Waals surface area contributed by atoms with Crippen LogP contribution in [0.5, 0.6) is 5.75 Å². The van der Waals surface area contributed by atoms with Crippen molar-refractivity contribution in [2.75, 3.05) is 12.8 Å². The largest absolute Gasteiger partial charge is 0.497 e. The molecule has 5 nitrogen and oxygen atoms in total. The zero-order chi connectivity index (χ0) is 16.9. The van der Waals surface area contributed by atoms with E-state index >= 15 is 0 Å². The van der Waals surface area contributed by atoms with E-state index in [1.165, 1.54) is 0 Å². The minimum Gasteiger partial charge on any atom is -0.497 e. The lowest BCUT2D eigenvalue weighted by Crippen LogP contribution is -2.24. The molecule has 0 fully saturated rings. The Labute approximate surface area is 140 Å². The van der Waals surface area contributed by atoms with Gasteiger partial charge in [-0.3, -0.25) is 9.78 Å². The molecule has 0 atom stereocenters. The molecule has 122 valence electrons. The van der Waals surface area contributed by atoms with Crippen LogP contribution in [0.2, 0.25) is 0 Å². The molecule has 0 aliphatic heterocycles. The average molecular weight is 321 g/mol. The van der Waals surface area contributed by atoms with Gasteiger partial charge in [0, 0.05) is 11.9 Å². The van der Waals surface area contributed by atoms with E-state index in [1.807, 2.05) is 54.6 Å². The second-order valence-corrected chi connectivity index (χ2v) is 5.52. The minimum atomic E-state index is -0.0767. The summed E-state index contributed by atoms with van der Waals surface area (Å²) in [6.07, 6.45) is 0.223. The molecule has 1 amide bonds. The van der Waals surface area contributed by atoms with Crippen molar-refractivity contribution in [1.29, 1.82) is 0 Å². The van der Waals surface area contributed by atoms with Gasteiger partial charge in [0.1, 0.15) is 5.75 Å². The van der Waals surface area contributed by atoms with Crippen LogP contribution in [-0.4, -0.2) is 18.0 Å². The van der Waals surface area contributed by atoms with Crippen LogP contribution >= 0.6 is 0 Å². The number of nitrogens with two attached hydrogens (primary N) is 1. The van der Waals surface area contributed by atoms with Crippen molar-refractivity contribution in [3.05, 3.63) is 65.9 Å². The zero-order valence-electron chi connectivity index (χ0n) is 13.5. The lowest BCUT2D eigenvalue weighted by molar-refractivity contribution is -0.120. The van der Waals surface area contributed by atoms with Gasteiger partial charge in [0.2, 0.25) is 5.91 Å². The summed E-state index contributed by atoms with van der Waals surface area (Å²) in [5.41, 5.74) is 9.01. The summed E-state index contributed by atoms with van der Waals surface area (Å²) in [5.74, 6) is 0.718. The van der Waals surface area contributed by atoms with Crippen molar-refractivity contribution >= 4 is 22.5 Å². The van der Waals surface area contributed by atoms with Crippen molar-refractivity contribution in [3.63, 3.8) is 0 Å². The highest BCUT2D eigenvalue weighted by Crippen LogP contribution is 2.19. The highest BCUT2D eigenvalue weighted by Gasteiger charge is 2.07. The summed E-state index contributed by atoms with van der Waals surface area (Å²) in [7, 11) is 1.63. The third-order valence-electron chi connectivity index (χ3n) is 3.80. The van der Waals surface area contributed by atoms with Gasteiger partial charge in [-0.05, 0) is 29.8 Å². The molecule has 5 heteroatoms. The van der Waals surface area contributed by atoms with Crippen molar-refractivity contribution in [1.82, 2.24) is 10.3 Å². The number of benzene rings is 2. The molecule has 1 heterocycles. The fourth-order valence-corrected chi connectivity index (χ4v) is 2.48. The number of fused-ring (bicyclic) bond motifs is 1. The number of nitrogen functional groups attached to an aromatic ring is 1. The number of carbonyl (C=O) groups excluding carboxylic acids is 1. The van der Waals surface area contributed by atoms with E-state index in [1.54, 1.807) is 7.11 Å². The molecule has 0 spiro atoms. The number of carbonyl (C=O) groups is 1. The maximum Gasteiger partial charge on any atom is 0.226 e. The summed E-state index contributed by atoms with van der Waals surface area (Å²) in [4.78, 5) is 16.6. The summed E-state index contributed by atoms with van der Waals surface area (Å²) in [5, 5.41) is 3.87. The standard InChI is InChI=1S/C19H19N3O2/c1-24-16-9-5-13(6-10-16)12-21-18(23)11-15-8-7-14-3-2-4-17(20)19(14)22-15/h2-10H,11-12,20H2,1H3,(H,21,23). The van der Waals surface area contributed by atoms with Crippen LogP contribution < -0.4 is 15.8 Å². The zero-order valence-corrected chi connectivity index (χ0v) is 13.5. The van der Waals surface area contributed by atoms with Crippen molar-refractivity contribution in [2.45, 2.75) is 13.0 Å². The predicted octanol–water partition coefficient (Wildman–Crippen LogP) is 2.68. The summed E-state index contributed by atoms with van der Waals surface area (Å²) < 4.78 is 5.11. The van der Waals surface area contributed by atoms with Gasteiger partial charge in [-0.1, -0.05) is 30.3 Å². The number of para-hydroxylation sites is 1. The van der Waals surface area contributed by atoms with Gasteiger partial charge in [-0.2, -0.15) is 0 Å². The Bertz CT molecular complexity index is 860. The molecule has 0 saturated carbocycles. The number of hydrogen-bond acceptors (Lipinski definition) is 4. The second kappa shape index (κ2) is 7.00. The first-order valence-electron chi connectivity index (χ1n) is 7.69. The van der Waals surface area contributed by atoms with E-state index in [0.29, 0.717) is 17.9 Å². The lowest BCUT2D eigenvalue weighted by Gasteiger charge is -2.07. The number of pyridine rings is 1. The van der Waals surface area contributed by atoms with E-state index in [-0.39, 0.29) is 12.3 Å². The molecule has 0 bridgehead atoms. The summed E-state index contributed by atoms with van der Waals surface area (Å²) in [6.45, 7) is 0.471. The molecule has 3 N–H and O–H groups in total. The van der Waals surface area contributed by atoms with E-state index in [2.05, 4.69) is 10.3 Å². The molecule has 0 aliphatic rings. The van der Waals surface area contributed by atoms with Gasteiger partial charge in [0.05, 0.1) is 30.4 Å². The highest BCUT2D eigenvalue weighted by atomic mass is 16.5. The molecule has 0 radical (unpaired) electrons. The number of nitrogens with zero attached hydrogens (tertiary/aromatic N) is 1. The Morgan fingerprint density at radius 2 is 1.92 bits per heavy atom. The van der Waals surface area contributed by atoms with Crippen molar-refractivity contribution in [2.24, 2.45) is 0 Å². The molecule has 24 heavy (non-hydrogen) atoms. The SMILES string of the molecule is COc1ccc(CNC(=O)Cc2ccc3cccc(N)c3n2)cc1. The smallest absolute Gasteiger partial charge is 0.226 e. The minimum absolute atomic E-state index is 0.0767. The summed E-state index contributed by atoms with van der Waals surface area (Å²) >= 11 is 0. The topological polar surface area (TPSA) is 77.2 Å². The number of rotatable bonds is 5. The highest BCUT2D eigenvalue weighted by molar-refractivity contribution is 5.89. The van der Waals surface area contributed by atoms with Crippen LogP contribution in [0.3, 0.4) is 0 Å². The average Bonchev–Trinajstić information content (AvgIpc) is 2.61. The third-order valence-corrected chi connectivity index (χ3v) is 3.80. The molecule has 0 unspecified atom stereocenters. The molecule has 2 aromatic carbocycles. The van der Waals surface area contributed by atoms with Crippen LogP contribution in [0.15, 0.2) is 54.6 Å². The molecule has 0 aliphatic carbocycles. The van der Waals surface area contributed by atoms with E-state index in [0.717, 1.165) is 22.2 Å². The molecular formula is C19H19N3O2. The van der Waals surface area contributed by atoms with E-state index < -0.39 is 0 Å². The van der Waals surface area contributed by atoms with Gasteiger partial charge in [0.25, 0.3) is 0 Å². The Kier molecular flexibility index (Phi) is 4.61. The predicted molar refractivity (Wildman–Crippen MR) is 94.7 cm³/mol. The first-order valence-corrected chi connectivity index (χ1v) is 7.69. The number of ether oxygens (including phenoxy) is 1. The van der Waals surface area contributed by atoms with Crippen molar-refractivity contribution in [3.8, 4) is 5.75 Å². The number of methoxy groups -OCH3 is 1. The van der Waals surface area contributed by atoms with Gasteiger partial charge < -0.3 is 15.8 Å². The Morgan fingerprint density at radius 1 is 1.12 bits per heavy atom. The Hall–Kier alpha value is -3.08. The quantitative estimate of drug-likeness (QED) is 0.708. The summed E-state index contributed by atoms with van der Waals surface area (Å²) in [6, 6.07) is 17.0. The molecule has 3 aromatic rings. The first-order chi connectivity index (χ1) is 11.7. The number of nitrogens with one attached hydrogen (secondary N) is 1. The van der Waals surface area contributed by atoms with Crippen LogP contribution in [0, 0.1) is 0 Å². The van der Waals surface area contributed by atoms with E-state index in [9.17, 15) is 4.79 Å². The molecule has 1 aromatic heterocycles. The fraction of sp³-hybridized carbons (Fsp3) is 0.158. The number of hydrogen-bond donors (Lipinski definition) is 2. The van der Waals surface area contributed by atoms with Crippen LogP contribution in [0.4, 0.5) is 5.69 Å².